The Kier molecular flexibility index (Phi) is 5.53. The molecule has 5 heteroatoms. The number of benzene rings is 2. The molecule has 28 heavy (non-hydrogen) atoms. The molecule has 1 atom stereocenters. The van der Waals surface area contributed by atoms with Crippen LogP contribution >= 0.6 is 0 Å². The average Bonchev–Trinajstić information content (AvgIpc) is 3.23. The largest absolute Gasteiger partial charge is 0.376 e. The lowest BCUT2D eigenvalue weighted by Crippen LogP contribution is -2.19. The minimum absolute atomic E-state index is 0.255. The van der Waals surface area contributed by atoms with Gasteiger partial charge in [-0.15, -0.1) is 0 Å². The lowest BCUT2D eigenvalue weighted by molar-refractivity contribution is 0.120. The van der Waals surface area contributed by atoms with Crippen LogP contribution in [0.4, 0.5) is 17.5 Å². The van der Waals surface area contributed by atoms with Crippen LogP contribution < -0.4 is 10.6 Å². The van der Waals surface area contributed by atoms with Crippen molar-refractivity contribution >= 4 is 17.5 Å². The summed E-state index contributed by atoms with van der Waals surface area (Å²) in [6.07, 6.45) is 2.48. The van der Waals surface area contributed by atoms with Crippen LogP contribution in [0.2, 0.25) is 0 Å². The summed E-state index contributed by atoms with van der Waals surface area (Å²) in [4.78, 5) is 9.44. The third-order valence-electron chi connectivity index (χ3n) is 4.96. The van der Waals surface area contributed by atoms with Gasteiger partial charge in [0.2, 0.25) is 5.95 Å². The molecule has 0 radical (unpaired) electrons. The number of nitrogens with one attached hydrogen (secondary N) is 2. The fraction of sp³-hybridized carbons (Fsp3) is 0.304. The van der Waals surface area contributed by atoms with Crippen LogP contribution in [0.1, 0.15) is 24.0 Å². The van der Waals surface area contributed by atoms with Gasteiger partial charge in [-0.25, -0.2) is 4.98 Å². The van der Waals surface area contributed by atoms with E-state index in [0.717, 1.165) is 48.8 Å². The minimum Gasteiger partial charge on any atom is -0.376 e. The molecule has 1 unspecified atom stereocenters. The van der Waals surface area contributed by atoms with E-state index in [0.29, 0.717) is 5.95 Å². The lowest BCUT2D eigenvalue weighted by atomic mass is 10.1. The molecule has 0 amide bonds. The summed E-state index contributed by atoms with van der Waals surface area (Å²) in [5.41, 5.74) is 5.37. The maximum Gasteiger partial charge on any atom is 0.229 e. The molecule has 1 fully saturated rings. The molecule has 2 heterocycles. The highest BCUT2D eigenvalue weighted by Gasteiger charge is 2.16. The molecule has 2 aromatic carbocycles. The standard InChI is InChI=1S/C23H26N4O/c1-16-10-11-20(17(2)13-16)25-23-26-21(18-7-4-3-5-8-18)14-22(27-23)24-15-19-9-6-12-28-19/h3-5,7-8,10-11,13-14,19H,6,9,12,15H2,1-2H3,(H2,24,25,26,27). The molecule has 144 valence electrons. The number of aryl methyl sites for hydroxylation is 2. The van der Waals surface area contributed by atoms with Gasteiger partial charge in [-0.1, -0.05) is 48.0 Å². The molecule has 1 saturated heterocycles. The molecule has 0 spiro atoms. The van der Waals surface area contributed by atoms with Gasteiger partial charge in [0.25, 0.3) is 0 Å². The molecule has 0 aliphatic carbocycles. The topological polar surface area (TPSA) is 59.1 Å². The van der Waals surface area contributed by atoms with E-state index in [-0.39, 0.29) is 6.10 Å². The van der Waals surface area contributed by atoms with Crippen LogP contribution in [-0.4, -0.2) is 29.2 Å². The summed E-state index contributed by atoms with van der Waals surface area (Å²) in [6.45, 7) is 5.79. The summed E-state index contributed by atoms with van der Waals surface area (Å²) in [5, 5.41) is 6.81. The predicted octanol–water partition coefficient (Wildman–Crippen LogP) is 5.09. The first-order valence-electron chi connectivity index (χ1n) is 9.81. The van der Waals surface area contributed by atoms with E-state index in [9.17, 15) is 0 Å². The number of aromatic nitrogens is 2. The monoisotopic (exact) mass is 374 g/mol. The van der Waals surface area contributed by atoms with Crippen molar-refractivity contribution in [2.75, 3.05) is 23.8 Å². The third-order valence-corrected chi connectivity index (χ3v) is 4.96. The predicted molar refractivity (Wildman–Crippen MR) is 114 cm³/mol. The maximum absolute atomic E-state index is 5.72. The van der Waals surface area contributed by atoms with Gasteiger partial charge in [-0.2, -0.15) is 4.98 Å². The number of ether oxygens (including phenoxy) is 1. The van der Waals surface area contributed by atoms with Gasteiger partial charge < -0.3 is 15.4 Å². The zero-order valence-electron chi connectivity index (χ0n) is 16.4. The number of hydrogen-bond acceptors (Lipinski definition) is 5. The first-order chi connectivity index (χ1) is 13.7. The molecule has 1 aromatic heterocycles. The first kappa shape index (κ1) is 18.4. The molecule has 1 aliphatic heterocycles. The second-order valence-electron chi connectivity index (χ2n) is 7.29. The average molecular weight is 374 g/mol. The van der Waals surface area contributed by atoms with Gasteiger partial charge >= 0.3 is 0 Å². The fourth-order valence-corrected chi connectivity index (χ4v) is 3.45. The third kappa shape index (κ3) is 4.49. The van der Waals surface area contributed by atoms with E-state index in [1.54, 1.807) is 0 Å². The zero-order chi connectivity index (χ0) is 19.3. The highest BCUT2D eigenvalue weighted by Crippen LogP contribution is 2.25. The number of anilines is 3. The van der Waals surface area contributed by atoms with Gasteiger partial charge in [0, 0.05) is 30.5 Å². The summed E-state index contributed by atoms with van der Waals surface area (Å²) in [5.74, 6) is 1.39. The molecular weight excluding hydrogens is 348 g/mol. The van der Waals surface area contributed by atoms with Gasteiger partial charge in [-0.3, -0.25) is 0 Å². The molecule has 5 nitrogen and oxygen atoms in total. The van der Waals surface area contributed by atoms with Crippen molar-refractivity contribution in [1.82, 2.24) is 9.97 Å². The fourth-order valence-electron chi connectivity index (χ4n) is 3.45. The van der Waals surface area contributed by atoms with Gasteiger partial charge in [0.15, 0.2) is 0 Å². The van der Waals surface area contributed by atoms with Crippen molar-refractivity contribution in [2.45, 2.75) is 32.8 Å². The Hall–Kier alpha value is -2.92. The van der Waals surface area contributed by atoms with E-state index in [4.69, 9.17) is 9.72 Å². The lowest BCUT2D eigenvalue weighted by Gasteiger charge is -2.15. The van der Waals surface area contributed by atoms with Crippen LogP contribution in [0.25, 0.3) is 11.3 Å². The Morgan fingerprint density at radius 2 is 1.89 bits per heavy atom. The first-order valence-corrected chi connectivity index (χ1v) is 9.81. The summed E-state index contributed by atoms with van der Waals surface area (Å²) in [7, 11) is 0. The Balaban J connectivity index is 1.62. The Bertz CT molecular complexity index is 937. The Morgan fingerprint density at radius 1 is 1.04 bits per heavy atom. The van der Waals surface area contributed by atoms with Crippen LogP contribution in [0.3, 0.4) is 0 Å². The number of nitrogens with zero attached hydrogens (tertiary/aromatic N) is 2. The number of rotatable bonds is 6. The van der Waals surface area contributed by atoms with Crippen LogP contribution in [0.15, 0.2) is 54.6 Å². The summed E-state index contributed by atoms with van der Waals surface area (Å²) < 4.78 is 5.72. The maximum atomic E-state index is 5.72. The highest BCUT2D eigenvalue weighted by molar-refractivity contribution is 5.67. The van der Waals surface area contributed by atoms with Crippen LogP contribution in [-0.2, 0) is 4.74 Å². The molecule has 4 rings (SSSR count). The molecule has 0 saturated carbocycles. The van der Waals surface area contributed by atoms with E-state index in [1.807, 2.05) is 24.3 Å². The Morgan fingerprint density at radius 3 is 2.64 bits per heavy atom. The van der Waals surface area contributed by atoms with Gasteiger partial charge in [0.05, 0.1) is 11.8 Å². The van der Waals surface area contributed by atoms with Crippen LogP contribution in [0.5, 0.6) is 0 Å². The second-order valence-corrected chi connectivity index (χ2v) is 7.29. The molecular formula is C23H26N4O. The smallest absolute Gasteiger partial charge is 0.229 e. The molecule has 3 aromatic rings. The normalized spacial score (nSPS) is 16.1. The molecule has 2 N–H and O–H groups in total. The van der Waals surface area contributed by atoms with Crippen molar-refractivity contribution in [1.29, 1.82) is 0 Å². The molecule has 0 bridgehead atoms. The SMILES string of the molecule is Cc1ccc(Nc2nc(NCC3CCCO3)cc(-c3ccccc3)n2)c(C)c1. The minimum atomic E-state index is 0.255. The van der Waals surface area contributed by atoms with E-state index in [1.165, 1.54) is 11.1 Å². The van der Waals surface area contributed by atoms with Crippen LogP contribution in [0, 0.1) is 13.8 Å². The van der Waals surface area contributed by atoms with Crippen molar-refractivity contribution in [3.8, 4) is 11.3 Å². The van der Waals surface area contributed by atoms with Gasteiger partial charge in [0.1, 0.15) is 5.82 Å². The van der Waals surface area contributed by atoms with E-state index < -0.39 is 0 Å². The summed E-state index contributed by atoms with van der Waals surface area (Å²) in [6, 6.07) is 18.5. The number of hydrogen-bond donors (Lipinski definition) is 2. The van der Waals surface area contributed by atoms with Crippen molar-refractivity contribution < 1.29 is 4.74 Å². The van der Waals surface area contributed by atoms with Crippen molar-refractivity contribution in [3.05, 3.63) is 65.7 Å². The quantitative estimate of drug-likeness (QED) is 0.629. The second kappa shape index (κ2) is 8.40. The van der Waals surface area contributed by atoms with Crippen molar-refractivity contribution in [3.63, 3.8) is 0 Å². The summed E-state index contributed by atoms with van der Waals surface area (Å²) >= 11 is 0. The Labute approximate surface area is 166 Å². The van der Waals surface area contributed by atoms with E-state index >= 15 is 0 Å². The van der Waals surface area contributed by atoms with Crippen molar-refractivity contribution in [2.24, 2.45) is 0 Å². The molecule has 1 aliphatic rings. The van der Waals surface area contributed by atoms with Gasteiger partial charge in [-0.05, 0) is 38.3 Å². The highest BCUT2D eigenvalue weighted by atomic mass is 16.5. The zero-order valence-corrected chi connectivity index (χ0v) is 16.4. The van der Waals surface area contributed by atoms with E-state index in [2.05, 4.69) is 59.8 Å².